The number of methoxy groups -OCH3 is 1. The molecule has 3 rings (SSSR count). The van der Waals surface area contributed by atoms with E-state index in [-0.39, 0.29) is 11.5 Å². The van der Waals surface area contributed by atoms with Crippen LogP contribution < -0.4 is 5.56 Å². The van der Waals surface area contributed by atoms with Gasteiger partial charge in [0.15, 0.2) is 0 Å². The van der Waals surface area contributed by atoms with Crippen molar-refractivity contribution in [1.82, 2.24) is 9.97 Å². The van der Waals surface area contributed by atoms with Crippen LogP contribution in [0.1, 0.15) is 53.4 Å². The van der Waals surface area contributed by atoms with Gasteiger partial charge < -0.3 is 9.72 Å². The topological polar surface area (TPSA) is 72.0 Å². The number of benzene rings is 2. The van der Waals surface area contributed by atoms with Crippen molar-refractivity contribution in [2.75, 3.05) is 7.11 Å². The van der Waals surface area contributed by atoms with E-state index in [1.807, 2.05) is 24.3 Å². The second-order valence-electron chi connectivity index (χ2n) is 7.17. The van der Waals surface area contributed by atoms with Gasteiger partial charge in [0.25, 0.3) is 5.56 Å². The van der Waals surface area contributed by atoms with Crippen molar-refractivity contribution in [2.45, 2.75) is 39.0 Å². The van der Waals surface area contributed by atoms with E-state index < -0.39 is 0 Å². The molecule has 0 aliphatic heterocycles. The summed E-state index contributed by atoms with van der Waals surface area (Å²) in [6.45, 7) is 2.15. The van der Waals surface area contributed by atoms with Gasteiger partial charge in [0, 0.05) is 22.6 Å². The molecule has 0 radical (unpaired) electrons. The van der Waals surface area contributed by atoms with Crippen LogP contribution in [0, 0.1) is 0 Å². The molecule has 1 aromatic heterocycles. The number of hydrogen-bond donors (Lipinski definition) is 1. The van der Waals surface area contributed by atoms with Crippen molar-refractivity contribution in [2.24, 2.45) is 0 Å². The molecule has 30 heavy (non-hydrogen) atoms. The number of ether oxygens (including phenoxy) is 1. The molecule has 0 fully saturated rings. The number of rotatable bonds is 8. The molecule has 0 aliphatic rings. The van der Waals surface area contributed by atoms with Gasteiger partial charge in [-0.2, -0.15) is 0 Å². The van der Waals surface area contributed by atoms with E-state index >= 15 is 0 Å². The Morgan fingerprint density at radius 2 is 1.77 bits per heavy atom. The summed E-state index contributed by atoms with van der Waals surface area (Å²) in [5.41, 5.74) is 3.57. The van der Waals surface area contributed by atoms with Crippen molar-refractivity contribution in [1.29, 1.82) is 0 Å². The number of halogens is 1. The number of aromatic amines is 1. The molecule has 1 N–H and O–H groups in total. The van der Waals surface area contributed by atoms with Crippen LogP contribution in [0.5, 0.6) is 0 Å². The molecule has 0 spiro atoms. The fourth-order valence-electron chi connectivity index (χ4n) is 3.30. The van der Waals surface area contributed by atoms with Crippen molar-refractivity contribution < 1.29 is 9.53 Å². The largest absolute Gasteiger partial charge is 0.465 e. The van der Waals surface area contributed by atoms with E-state index in [1.165, 1.54) is 7.11 Å². The minimum absolute atomic E-state index is 0.140. The average Bonchev–Trinajstić information content (AvgIpc) is 2.76. The maximum Gasteiger partial charge on any atom is 0.337 e. The molecule has 0 bridgehead atoms. The molecule has 0 amide bonds. The molecule has 0 saturated heterocycles. The molecule has 2 aromatic carbocycles. The van der Waals surface area contributed by atoms with Gasteiger partial charge in [-0.15, -0.1) is 0 Å². The number of nitrogens with one attached hydrogen (secondary N) is 1. The monoisotopic (exact) mass is 424 g/mol. The highest BCUT2D eigenvalue weighted by Crippen LogP contribution is 2.20. The molecular weight excluding hydrogens is 400 g/mol. The van der Waals surface area contributed by atoms with Crippen LogP contribution in [-0.2, 0) is 17.6 Å². The van der Waals surface area contributed by atoms with Crippen LogP contribution in [0.4, 0.5) is 0 Å². The summed E-state index contributed by atoms with van der Waals surface area (Å²) in [6.07, 6.45) is 4.34. The van der Waals surface area contributed by atoms with Gasteiger partial charge in [0.05, 0.1) is 18.4 Å². The fourth-order valence-corrected chi connectivity index (χ4v) is 3.43. The predicted octanol–water partition coefficient (Wildman–Crippen LogP) is 5.20. The second kappa shape index (κ2) is 10.2. The number of unbranched alkanes of at least 4 members (excludes halogenated alkanes) is 2. The fraction of sp³-hybridized carbons (Fsp3) is 0.292. The molecule has 0 saturated carbocycles. The third kappa shape index (κ3) is 5.36. The number of carbonyl (C=O) groups is 1. The van der Waals surface area contributed by atoms with Gasteiger partial charge in [-0.25, -0.2) is 9.78 Å². The van der Waals surface area contributed by atoms with Gasteiger partial charge in [0.2, 0.25) is 0 Å². The maximum absolute atomic E-state index is 13.0. The smallest absolute Gasteiger partial charge is 0.337 e. The first-order valence-corrected chi connectivity index (χ1v) is 10.4. The lowest BCUT2D eigenvalue weighted by Crippen LogP contribution is -2.19. The summed E-state index contributed by atoms with van der Waals surface area (Å²) in [7, 11) is 1.35. The maximum atomic E-state index is 13.0. The van der Waals surface area contributed by atoms with Crippen LogP contribution in [0.15, 0.2) is 53.3 Å². The lowest BCUT2D eigenvalue weighted by molar-refractivity contribution is 0.0600. The van der Waals surface area contributed by atoms with Crippen LogP contribution in [0.3, 0.4) is 0 Å². The van der Waals surface area contributed by atoms with Gasteiger partial charge >= 0.3 is 5.97 Å². The zero-order chi connectivity index (χ0) is 21.5. The number of aromatic nitrogens is 2. The lowest BCUT2D eigenvalue weighted by Gasteiger charge is -2.11. The molecule has 1 heterocycles. The molecular formula is C24H25ClN2O3. The zero-order valence-electron chi connectivity index (χ0n) is 17.2. The molecule has 3 aromatic rings. The van der Waals surface area contributed by atoms with Gasteiger partial charge in [-0.3, -0.25) is 4.79 Å². The van der Waals surface area contributed by atoms with Crippen LogP contribution in [0.2, 0.25) is 5.02 Å². The Labute approximate surface area is 181 Å². The SMILES string of the molecule is CCCCCc1nc(-c2ccc(Cl)cc2)[nH]c(=O)c1Cc1ccc(C(=O)OC)cc1. The highest BCUT2D eigenvalue weighted by molar-refractivity contribution is 6.30. The molecule has 0 aliphatic carbocycles. The molecule has 156 valence electrons. The standard InChI is InChI=1S/C24H25ClN2O3/c1-3-4-5-6-21-20(15-16-7-9-18(10-8-16)24(29)30-2)23(28)27-22(26-21)17-11-13-19(25)14-12-17/h7-14H,3-6,15H2,1-2H3,(H,26,27,28). The minimum Gasteiger partial charge on any atom is -0.465 e. The quantitative estimate of drug-likeness (QED) is 0.398. The predicted molar refractivity (Wildman–Crippen MR) is 119 cm³/mol. The van der Waals surface area contributed by atoms with E-state index in [2.05, 4.69) is 11.9 Å². The summed E-state index contributed by atoms with van der Waals surface area (Å²) in [5, 5.41) is 0.635. The second-order valence-corrected chi connectivity index (χ2v) is 7.61. The van der Waals surface area contributed by atoms with Crippen LogP contribution >= 0.6 is 11.6 Å². The first-order valence-electron chi connectivity index (χ1n) is 10.1. The van der Waals surface area contributed by atoms with Crippen molar-refractivity contribution in [3.63, 3.8) is 0 Å². The average molecular weight is 425 g/mol. The zero-order valence-corrected chi connectivity index (χ0v) is 18.0. The van der Waals surface area contributed by atoms with E-state index in [4.69, 9.17) is 21.3 Å². The lowest BCUT2D eigenvalue weighted by atomic mass is 10.00. The Morgan fingerprint density at radius 1 is 1.07 bits per heavy atom. The Bertz CT molecular complexity index is 1060. The van der Waals surface area contributed by atoms with E-state index in [9.17, 15) is 9.59 Å². The number of esters is 1. The number of H-pyrrole nitrogens is 1. The first-order chi connectivity index (χ1) is 14.5. The summed E-state index contributed by atoms with van der Waals surface area (Å²) in [5.74, 6) is 0.168. The number of hydrogen-bond acceptors (Lipinski definition) is 4. The molecule has 0 unspecified atom stereocenters. The Morgan fingerprint density at radius 3 is 2.40 bits per heavy atom. The van der Waals surface area contributed by atoms with Crippen molar-refractivity contribution >= 4 is 17.6 Å². The number of carbonyl (C=O) groups excluding carboxylic acids is 1. The summed E-state index contributed by atoms with van der Waals surface area (Å²) < 4.78 is 4.74. The number of aryl methyl sites for hydroxylation is 1. The Balaban J connectivity index is 1.94. The summed E-state index contributed by atoms with van der Waals surface area (Å²) in [4.78, 5) is 32.3. The summed E-state index contributed by atoms with van der Waals surface area (Å²) in [6, 6.07) is 14.4. The van der Waals surface area contributed by atoms with E-state index in [0.29, 0.717) is 28.4 Å². The van der Waals surface area contributed by atoms with Gasteiger partial charge in [-0.05, 0) is 54.8 Å². The van der Waals surface area contributed by atoms with Gasteiger partial charge in [-0.1, -0.05) is 43.5 Å². The van der Waals surface area contributed by atoms with Crippen molar-refractivity contribution in [3.8, 4) is 11.4 Å². The molecule has 5 nitrogen and oxygen atoms in total. The van der Waals surface area contributed by atoms with Crippen LogP contribution in [0.25, 0.3) is 11.4 Å². The van der Waals surface area contributed by atoms with E-state index in [1.54, 1.807) is 24.3 Å². The van der Waals surface area contributed by atoms with Crippen molar-refractivity contribution in [3.05, 3.63) is 86.3 Å². The normalized spacial score (nSPS) is 10.8. The highest BCUT2D eigenvalue weighted by Gasteiger charge is 2.14. The van der Waals surface area contributed by atoms with Gasteiger partial charge in [0.1, 0.15) is 5.82 Å². The first kappa shape index (κ1) is 21.8. The molecule has 0 atom stereocenters. The Kier molecular flexibility index (Phi) is 7.41. The highest BCUT2D eigenvalue weighted by atomic mass is 35.5. The minimum atomic E-state index is -0.381. The van der Waals surface area contributed by atoms with E-state index in [0.717, 1.165) is 42.5 Å². The third-order valence-electron chi connectivity index (χ3n) is 4.99. The van der Waals surface area contributed by atoms with Crippen LogP contribution in [-0.4, -0.2) is 23.0 Å². The number of nitrogens with zero attached hydrogens (tertiary/aromatic N) is 1. The summed E-state index contributed by atoms with van der Waals surface area (Å²) >= 11 is 5.98. The molecule has 6 heteroatoms. The third-order valence-corrected chi connectivity index (χ3v) is 5.24. The Hall–Kier alpha value is -2.92.